The SMILES string of the molecule is CCc1cc(C)c(F)cc1C(N)=O. The van der Waals surface area contributed by atoms with Crippen LogP contribution < -0.4 is 5.73 Å². The largest absolute Gasteiger partial charge is 0.366 e. The van der Waals surface area contributed by atoms with E-state index in [2.05, 4.69) is 0 Å². The highest BCUT2D eigenvalue weighted by atomic mass is 19.1. The quantitative estimate of drug-likeness (QED) is 0.742. The minimum Gasteiger partial charge on any atom is -0.366 e. The maximum absolute atomic E-state index is 13.0. The summed E-state index contributed by atoms with van der Waals surface area (Å²) in [4.78, 5) is 10.9. The first-order chi connectivity index (χ1) is 6.06. The average molecular weight is 181 g/mol. The number of rotatable bonds is 2. The molecule has 1 rings (SSSR count). The Hall–Kier alpha value is -1.38. The first-order valence-electron chi connectivity index (χ1n) is 4.15. The summed E-state index contributed by atoms with van der Waals surface area (Å²) in [5, 5.41) is 0. The van der Waals surface area contributed by atoms with Crippen LogP contribution in [0.5, 0.6) is 0 Å². The molecule has 2 N–H and O–H groups in total. The van der Waals surface area contributed by atoms with Crippen LogP contribution in [-0.2, 0) is 6.42 Å². The Labute approximate surface area is 76.6 Å². The number of benzene rings is 1. The van der Waals surface area contributed by atoms with E-state index in [-0.39, 0.29) is 11.4 Å². The molecule has 0 saturated heterocycles. The lowest BCUT2D eigenvalue weighted by molar-refractivity contribution is 0.0999. The summed E-state index contributed by atoms with van der Waals surface area (Å²) in [5.41, 5.74) is 6.73. The highest BCUT2D eigenvalue weighted by molar-refractivity contribution is 5.94. The topological polar surface area (TPSA) is 43.1 Å². The summed E-state index contributed by atoms with van der Waals surface area (Å²) in [6.45, 7) is 3.57. The molecule has 0 radical (unpaired) electrons. The van der Waals surface area contributed by atoms with E-state index >= 15 is 0 Å². The van der Waals surface area contributed by atoms with E-state index in [0.29, 0.717) is 12.0 Å². The van der Waals surface area contributed by atoms with Crippen molar-refractivity contribution in [2.24, 2.45) is 5.73 Å². The number of halogens is 1. The molecule has 0 spiro atoms. The van der Waals surface area contributed by atoms with Gasteiger partial charge < -0.3 is 5.73 Å². The molecular formula is C10H12FNO. The summed E-state index contributed by atoms with van der Waals surface area (Å²) in [7, 11) is 0. The van der Waals surface area contributed by atoms with Crippen LogP contribution in [0.4, 0.5) is 4.39 Å². The Balaban J connectivity index is 3.33. The average Bonchev–Trinajstić information content (AvgIpc) is 2.08. The van der Waals surface area contributed by atoms with Gasteiger partial charge in [0.2, 0.25) is 5.91 Å². The second kappa shape index (κ2) is 3.56. The second-order valence-corrected chi connectivity index (χ2v) is 2.98. The van der Waals surface area contributed by atoms with Crippen LogP contribution in [-0.4, -0.2) is 5.91 Å². The molecule has 70 valence electrons. The number of carbonyl (C=O) groups is 1. The Morgan fingerprint density at radius 3 is 2.62 bits per heavy atom. The van der Waals surface area contributed by atoms with Crippen molar-refractivity contribution in [2.45, 2.75) is 20.3 Å². The minimum absolute atomic E-state index is 0.283. The molecule has 3 heteroatoms. The van der Waals surface area contributed by atoms with E-state index in [0.717, 1.165) is 5.56 Å². The fourth-order valence-corrected chi connectivity index (χ4v) is 1.26. The number of nitrogens with two attached hydrogens (primary N) is 1. The van der Waals surface area contributed by atoms with Crippen LogP contribution in [0, 0.1) is 12.7 Å². The number of hydrogen-bond acceptors (Lipinski definition) is 1. The molecule has 0 aliphatic carbocycles. The van der Waals surface area contributed by atoms with Gasteiger partial charge in [0.05, 0.1) is 0 Å². The minimum atomic E-state index is -0.573. The second-order valence-electron chi connectivity index (χ2n) is 2.98. The molecule has 0 atom stereocenters. The predicted molar refractivity (Wildman–Crippen MR) is 49.0 cm³/mol. The van der Waals surface area contributed by atoms with E-state index in [1.807, 2.05) is 6.92 Å². The van der Waals surface area contributed by atoms with Crippen LogP contribution in [0.2, 0.25) is 0 Å². The third kappa shape index (κ3) is 1.86. The number of hydrogen-bond donors (Lipinski definition) is 1. The van der Waals surface area contributed by atoms with Gasteiger partial charge in [-0.1, -0.05) is 13.0 Å². The van der Waals surface area contributed by atoms with Crippen LogP contribution in [0.3, 0.4) is 0 Å². The Kier molecular flexibility index (Phi) is 2.66. The summed E-state index contributed by atoms with van der Waals surface area (Å²) in [6.07, 6.45) is 0.680. The monoisotopic (exact) mass is 181 g/mol. The Morgan fingerprint density at radius 1 is 1.54 bits per heavy atom. The molecule has 0 aliphatic rings. The lowest BCUT2D eigenvalue weighted by Gasteiger charge is -2.06. The van der Waals surface area contributed by atoms with Crippen molar-refractivity contribution in [3.8, 4) is 0 Å². The van der Waals surface area contributed by atoms with E-state index in [9.17, 15) is 9.18 Å². The van der Waals surface area contributed by atoms with Crippen LogP contribution in [0.15, 0.2) is 12.1 Å². The highest BCUT2D eigenvalue weighted by Gasteiger charge is 2.09. The molecule has 0 heterocycles. The van der Waals surface area contributed by atoms with Gasteiger partial charge in [0, 0.05) is 5.56 Å². The molecule has 0 aromatic heterocycles. The molecule has 0 fully saturated rings. The Morgan fingerprint density at radius 2 is 2.15 bits per heavy atom. The van der Waals surface area contributed by atoms with Crippen LogP contribution >= 0.6 is 0 Å². The van der Waals surface area contributed by atoms with Gasteiger partial charge in [0.15, 0.2) is 0 Å². The maximum atomic E-state index is 13.0. The Bertz CT molecular complexity index is 347. The van der Waals surface area contributed by atoms with E-state index < -0.39 is 5.91 Å². The van der Waals surface area contributed by atoms with Gasteiger partial charge in [-0.25, -0.2) is 4.39 Å². The van der Waals surface area contributed by atoms with E-state index in [1.54, 1.807) is 13.0 Å². The first-order valence-corrected chi connectivity index (χ1v) is 4.15. The van der Waals surface area contributed by atoms with Crippen molar-refractivity contribution in [1.82, 2.24) is 0 Å². The number of primary amides is 1. The molecule has 1 amide bonds. The molecule has 0 saturated carbocycles. The standard InChI is InChI=1S/C10H12FNO/c1-3-7-4-6(2)9(11)5-8(7)10(12)13/h4-5H,3H2,1-2H3,(H2,12,13). The van der Waals surface area contributed by atoms with Gasteiger partial charge in [-0.3, -0.25) is 4.79 Å². The molecule has 1 aromatic carbocycles. The number of aryl methyl sites for hydroxylation is 2. The van der Waals surface area contributed by atoms with Gasteiger partial charge in [0.1, 0.15) is 5.82 Å². The van der Waals surface area contributed by atoms with Crippen molar-refractivity contribution in [2.75, 3.05) is 0 Å². The van der Waals surface area contributed by atoms with Crippen LogP contribution in [0.25, 0.3) is 0 Å². The molecule has 13 heavy (non-hydrogen) atoms. The molecule has 1 aromatic rings. The lowest BCUT2D eigenvalue weighted by Crippen LogP contribution is -2.14. The number of carbonyl (C=O) groups excluding carboxylic acids is 1. The third-order valence-corrected chi connectivity index (χ3v) is 2.03. The van der Waals surface area contributed by atoms with Crippen molar-refractivity contribution in [1.29, 1.82) is 0 Å². The van der Waals surface area contributed by atoms with Crippen molar-refractivity contribution in [3.63, 3.8) is 0 Å². The van der Waals surface area contributed by atoms with Gasteiger partial charge in [-0.15, -0.1) is 0 Å². The fourth-order valence-electron chi connectivity index (χ4n) is 1.26. The van der Waals surface area contributed by atoms with Gasteiger partial charge in [-0.05, 0) is 30.5 Å². The zero-order valence-electron chi connectivity index (χ0n) is 7.73. The third-order valence-electron chi connectivity index (χ3n) is 2.03. The van der Waals surface area contributed by atoms with E-state index in [4.69, 9.17) is 5.73 Å². The molecule has 0 aliphatic heterocycles. The van der Waals surface area contributed by atoms with Crippen LogP contribution in [0.1, 0.15) is 28.4 Å². The molecule has 0 bridgehead atoms. The van der Waals surface area contributed by atoms with Gasteiger partial charge in [-0.2, -0.15) is 0 Å². The van der Waals surface area contributed by atoms with Gasteiger partial charge >= 0.3 is 0 Å². The summed E-state index contributed by atoms with van der Waals surface area (Å²) in [6, 6.07) is 2.87. The zero-order valence-corrected chi connectivity index (χ0v) is 7.73. The number of amides is 1. The summed E-state index contributed by atoms with van der Waals surface area (Å²) >= 11 is 0. The van der Waals surface area contributed by atoms with Gasteiger partial charge in [0.25, 0.3) is 0 Å². The smallest absolute Gasteiger partial charge is 0.249 e. The van der Waals surface area contributed by atoms with E-state index in [1.165, 1.54) is 6.07 Å². The zero-order chi connectivity index (χ0) is 10.0. The summed E-state index contributed by atoms with van der Waals surface area (Å²) < 4.78 is 13.0. The molecule has 2 nitrogen and oxygen atoms in total. The van der Waals surface area contributed by atoms with Crippen molar-refractivity contribution < 1.29 is 9.18 Å². The first kappa shape index (κ1) is 9.71. The van der Waals surface area contributed by atoms with Crippen molar-refractivity contribution in [3.05, 3.63) is 34.6 Å². The molecular weight excluding hydrogens is 169 g/mol. The predicted octanol–water partition coefficient (Wildman–Crippen LogP) is 1.80. The highest BCUT2D eigenvalue weighted by Crippen LogP contribution is 2.15. The fraction of sp³-hybridized carbons (Fsp3) is 0.300. The van der Waals surface area contributed by atoms with Crippen molar-refractivity contribution >= 4 is 5.91 Å². The maximum Gasteiger partial charge on any atom is 0.249 e. The summed E-state index contributed by atoms with van der Waals surface area (Å²) in [5.74, 6) is -0.957. The molecule has 0 unspecified atom stereocenters. The lowest BCUT2D eigenvalue weighted by atomic mass is 10.0. The normalized spacial score (nSPS) is 10.1.